The number of carbonyl (C=O) groups excluding carboxylic acids is 2. The third-order valence-electron chi connectivity index (χ3n) is 4.50. The van der Waals surface area contributed by atoms with Crippen LogP contribution in [0.2, 0.25) is 0 Å². The predicted octanol–water partition coefficient (Wildman–Crippen LogP) is 2.80. The Morgan fingerprint density at radius 3 is 2.30 bits per heavy atom. The molecule has 2 rings (SSSR count). The molecule has 0 atom stereocenters. The molecule has 0 fully saturated rings. The molecule has 0 spiro atoms. The van der Waals surface area contributed by atoms with E-state index in [-0.39, 0.29) is 18.2 Å². The summed E-state index contributed by atoms with van der Waals surface area (Å²) in [5.41, 5.74) is 9.32. The lowest BCUT2D eigenvalue weighted by atomic mass is 9.99. The topological polar surface area (TPSA) is 66.6 Å². The van der Waals surface area contributed by atoms with Crippen LogP contribution in [0.15, 0.2) is 48.5 Å². The van der Waals surface area contributed by atoms with Crippen molar-refractivity contribution in [3.8, 4) is 11.1 Å². The Balaban J connectivity index is 2.05. The van der Waals surface area contributed by atoms with E-state index in [2.05, 4.69) is 11.0 Å². The molecule has 0 bridgehead atoms. The van der Waals surface area contributed by atoms with E-state index in [4.69, 9.17) is 5.73 Å². The lowest BCUT2D eigenvalue weighted by Gasteiger charge is -2.16. The first-order chi connectivity index (χ1) is 12.9. The molecule has 0 aliphatic rings. The minimum absolute atomic E-state index is 0.0141. The molecule has 2 N–H and O–H groups in total. The number of Topliss-reactive ketones (excluding diaryl/α,β-unsaturated/α-hetero) is 1. The second-order valence-corrected chi connectivity index (χ2v) is 7.06. The molecule has 144 valence electrons. The molecule has 0 aliphatic carbocycles. The third-order valence-corrected chi connectivity index (χ3v) is 4.50. The van der Waals surface area contributed by atoms with Gasteiger partial charge < -0.3 is 15.5 Å². The van der Waals surface area contributed by atoms with Crippen LogP contribution in [0.4, 0.5) is 0 Å². The number of benzene rings is 2. The van der Waals surface area contributed by atoms with Crippen LogP contribution in [0.25, 0.3) is 11.1 Å². The molecule has 27 heavy (non-hydrogen) atoms. The fourth-order valence-electron chi connectivity index (χ4n) is 2.92. The van der Waals surface area contributed by atoms with Gasteiger partial charge in [-0.1, -0.05) is 42.5 Å². The number of hydrogen-bond donors (Lipinski definition) is 1. The highest BCUT2D eigenvalue weighted by molar-refractivity contribution is 5.96. The van der Waals surface area contributed by atoms with Crippen LogP contribution in [-0.4, -0.2) is 55.7 Å². The molecule has 2 aromatic carbocycles. The zero-order valence-corrected chi connectivity index (χ0v) is 16.4. The molecular weight excluding hydrogens is 338 g/mol. The van der Waals surface area contributed by atoms with Crippen molar-refractivity contribution in [2.24, 2.45) is 5.73 Å². The summed E-state index contributed by atoms with van der Waals surface area (Å²) in [6.45, 7) is 1.45. The van der Waals surface area contributed by atoms with E-state index in [9.17, 15) is 9.59 Å². The summed E-state index contributed by atoms with van der Waals surface area (Å²) < 4.78 is 0. The molecule has 0 radical (unpaired) electrons. The van der Waals surface area contributed by atoms with Crippen LogP contribution >= 0.6 is 0 Å². The van der Waals surface area contributed by atoms with Crippen LogP contribution in [0, 0.1) is 0 Å². The Labute approximate surface area is 161 Å². The Bertz CT molecular complexity index is 769. The average Bonchev–Trinajstić information content (AvgIpc) is 2.67. The van der Waals surface area contributed by atoms with Gasteiger partial charge in [-0.2, -0.15) is 0 Å². The third kappa shape index (κ3) is 6.31. The zero-order chi connectivity index (χ0) is 19.8. The van der Waals surface area contributed by atoms with E-state index in [1.165, 1.54) is 0 Å². The van der Waals surface area contributed by atoms with Crippen LogP contribution < -0.4 is 5.73 Å². The number of rotatable bonds is 9. The summed E-state index contributed by atoms with van der Waals surface area (Å²) in [5.74, 6) is 0.0941. The van der Waals surface area contributed by atoms with Gasteiger partial charge in [0.1, 0.15) is 0 Å². The first kappa shape index (κ1) is 20.8. The predicted molar refractivity (Wildman–Crippen MR) is 110 cm³/mol. The van der Waals surface area contributed by atoms with Gasteiger partial charge in [-0.3, -0.25) is 9.59 Å². The van der Waals surface area contributed by atoms with Crippen molar-refractivity contribution < 1.29 is 9.59 Å². The van der Waals surface area contributed by atoms with E-state index >= 15 is 0 Å². The summed E-state index contributed by atoms with van der Waals surface area (Å²) in [4.78, 5) is 27.6. The number of nitrogens with two attached hydrogens (primary N) is 1. The highest BCUT2D eigenvalue weighted by Crippen LogP contribution is 2.22. The molecule has 5 heteroatoms. The lowest BCUT2D eigenvalue weighted by molar-refractivity contribution is -0.128. The van der Waals surface area contributed by atoms with Gasteiger partial charge in [-0.05, 0) is 49.8 Å². The zero-order valence-electron chi connectivity index (χ0n) is 16.4. The van der Waals surface area contributed by atoms with Gasteiger partial charge in [0, 0.05) is 25.6 Å². The van der Waals surface area contributed by atoms with Crippen molar-refractivity contribution in [3.05, 3.63) is 59.7 Å². The quantitative estimate of drug-likeness (QED) is 0.692. The minimum Gasteiger partial charge on any atom is -0.340 e. The fourth-order valence-corrected chi connectivity index (χ4v) is 2.92. The van der Waals surface area contributed by atoms with Crippen LogP contribution in [0.5, 0.6) is 0 Å². The van der Waals surface area contributed by atoms with Crippen molar-refractivity contribution in [1.82, 2.24) is 9.80 Å². The minimum atomic E-state index is -0.0856. The van der Waals surface area contributed by atoms with Gasteiger partial charge in [-0.15, -0.1) is 0 Å². The molecule has 0 heterocycles. The van der Waals surface area contributed by atoms with Crippen LogP contribution in [0.1, 0.15) is 28.8 Å². The van der Waals surface area contributed by atoms with E-state index in [0.29, 0.717) is 13.0 Å². The molecule has 5 nitrogen and oxygen atoms in total. The number of amides is 1. The Kier molecular flexibility index (Phi) is 7.70. The van der Waals surface area contributed by atoms with E-state index < -0.39 is 0 Å². The van der Waals surface area contributed by atoms with Gasteiger partial charge in [0.25, 0.3) is 0 Å². The Hall–Kier alpha value is -2.50. The van der Waals surface area contributed by atoms with Crippen molar-refractivity contribution in [2.75, 3.05) is 34.2 Å². The van der Waals surface area contributed by atoms with Gasteiger partial charge in [-0.25, -0.2) is 0 Å². The van der Waals surface area contributed by atoms with E-state index in [0.717, 1.165) is 35.2 Å². The maximum atomic E-state index is 12.3. The van der Waals surface area contributed by atoms with E-state index in [1.807, 2.05) is 56.6 Å². The summed E-state index contributed by atoms with van der Waals surface area (Å²) >= 11 is 0. The average molecular weight is 367 g/mol. The highest BCUT2D eigenvalue weighted by atomic mass is 16.2. The van der Waals surface area contributed by atoms with Crippen molar-refractivity contribution in [1.29, 1.82) is 0 Å². The summed E-state index contributed by atoms with van der Waals surface area (Å²) in [7, 11) is 5.77. The molecule has 0 saturated heterocycles. The maximum Gasteiger partial charge on any atom is 0.236 e. The van der Waals surface area contributed by atoms with Crippen molar-refractivity contribution >= 4 is 11.7 Å². The van der Waals surface area contributed by atoms with Gasteiger partial charge >= 0.3 is 0 Å². The first-order valence-corrected chi connectivity index (χ1v) is 9.22. The number of ketones is 1. The maximum absolute atomic E-state index is 12.3. The van der Waals surface area contributed by atoms with Crippen LogP contribution in [0.3, 0.4) is 0 Å². The SMILES string of the molecule is CN(C)CCCC(=O)c1ccc(-c2cccc(CN(C)C(=O)CN)c2)cc1. The van der Waals surface area contributed by atoms with Crippen LogP contribution in [-0.2, 0) is 11.3 Å². The molecule has 0 saturated carbocycles. The Morgan fingerprint density at radius 1 is 0.963 bits per heavy atom. The smallest absolute Gasteiger partial charge is 0.236 e. The molecule has 0 aliphatic heterocycles. The second kappa shape index (κ2) is 10.00. The first-order valence-electron chi connectivity index (χ1n) is 9.22. The normalized spacial score (nSPS) is 10.9. The summed E-state index contributed by atoms with van der Waals surface area (Å²) in [6.07, 6.45) is 1.43. The van der Waals surface area contributed by atoms with Gasteiger partial charge in [0.05, 0.1) is 6.54 Å². The molecule has 0 unspecified atom stereocenters. The second-order valence-electron chi connectivity index (χ2n) is 7.06. The Morgan fingerprint density at radius 2 is 1.67 bits per heavy atom. The van der Waals surface area contributed by atoms with Gasteiger partial charge in [0.15, 0.2) is 5.78 Å². The van der Waals surface area contributed by atoms with E-state index in [1.54, 1.807) is 11.9 Å². The fraction of sp³-hybridized carbons (Fsp3) is 0.364. The lowest BCUT2D eigenvalue weighted by Crippen LogP contribution is -2.32. The van der Waals surface area contributed by atoms with Crippen molar-refractivity contribution in [2.45, 2.75) is 19.4 Å². The highest BCUT2D eigenvalue weighted by Gasteiger charge is 2.09. The van der Waals surface area contributed by atoms with Crippen molar-refractivity contribution in [3.63, 3.8) is 0 Å². The molecule has 2 aromatic rings. The molecule has 0 aromatic heterocycles. The number of nitrogens with zero attached hydrogens (tertiary/aromatic N) is 2. The number of likely N-dealkylation sites (N-methyl/N-ethyl adjacent to an activating group) is 1. The number of hydrogen-bond acceptors (Lipinski definition) is 4. The summed E-state index contributed by atoms with van der Waals surface area (Å²) in [5, 5.41) is 0. The number of carbonyl (C=O) groups is 2. The summed E-state index contributed by atoms with van der Waals surface area (Å²) in [6, 6.07) is 15.8. The largest absolute Gasteiger partial charge is 0.340 e. The standard InChI is InChI=1S/C22H29N3O2/c1-24(2)13-5-8-21(26)19-11-9-18(10-12-19)20-7-4-6-17(14-20)16-25(3)22(27)15-23/h4,6-7,9-12,14H,5,8,13,15-16,23H2,1-3H3. The molecule has 1 amide bonds. The van der Waals surface area contributed by atoms with Gasteiger partial charge in [0.2, 0.25) is 5.91 Å². The molecular formula is C22H29N3O2. The monoisotopic (exact) mass is 367 g/mol.